The van der Waals surface area contributed by atoms with E-state index in [4.69, 9.17) is 0 Å². The second-order valence-corrected chi connectivity index (χ2v) is 9.04. The van der Waals surface area contributed by atoms with E-state index in [1.807, 2.05) is 55.1 Å². The Bertz CT molecular complexity index is 1090. The molecule has 0 bridgehead atoms. The zero-order chi connectivity index (χ0) is 21.7. The van der Waals surface area contributed by atoms with Crippen molar-refractivity contribution >= 4 is 34.8 Å². The van der Waals surface area contributed by atoms with Gasteiger partial charge in [0.15, 0.2) is 0 Å². The zero-order valence-corrected chi connectivity index (χ0v) is 18.0. The molecule has 2 fully saturated rings. The van der Waals surface area contributed by atoms with Crippen molar-refractivity contribution in [1.29, 1.82) is 0 Å². The number of hydrogen-bond acceptors (Lipinski definition) is 3. The molecule has 0 unspecified atom stereocenters. The predicted octanol–water partition coefficient (Wildman–Crippen LogP) is 3.59. The molecule has 2 aliphatic heterocycles. The van der Waals surface area contributed by atoms with Gasteiger partial charge in [-0.1, -0.05) is 17.7 Å². The summed E-state index contributed by atoms with van der Waals surface area (Å²) < 4.78 is 0. The van der Waals surface area contributed by atoms with Crippen LogP contribution in [0, 0.1) is 25.7 Å². The molecule has 5 rings (SSSR count). The summed E-state index contributed by atoms with van der Waals surface area (Å²) >= 11 is 0. The standard InChI is InChI=1S/C25H27N3O3/c1-15-3-7-21(16(2)11-15)26-24(30)19-13-23(29)28(14-19)20-6-8-22-18(12-20)9-10-27(22)25(31)17-4-5-17/h3,6-8,11-12,17,19H,4-5,9-10,13-14H2,1-2H3,(H,26,30)/t19-/m1/s1. The van der Waals surface area contributed by atoms with Gasteiger partial charge in [0, 0.05) is 42.5 Å². The minimum atomic E-state index is -0.380. The van der Waals surface area contributed by atoms with E-state index in [1.165, 1.54) is 0 Å². The Labute approximate surface area is 182 Å². The Kier molecular flexibility index (Phi) is 4.80. The van der Waals surface area contributed by atoms with Crippen molar-refractivity contribution in [2.45, 2.75) is 39.5 Å². The van der Waals surface area contributed by atoms with Crippen LogP contribution in [0.4, 0.5) is 17.1 Å². The predicted molar refractivity (Wildman–Crippen MR) is 120 cm³/mol. The minimum absolute atomic E-state index is 0.0374. The molecule has 2 aromatic carbocycles. The Morgan fingerprint density at radius 3 is 2.58 bits per heavy atom. The quantitative estimate of drug-likeness (QED) is 0.827. The van der Waals surface area contributed by atoms with Gasteiger partial charge in [-0.2, -0.15) is 0 Å². The van der Waals surface area contributed by atoms with Crippen LogP contribution in [0.25, 0.3) is 0 Å². The smallest absolute Gasteiger partial charge is 0.230 e. The van der Waals surface area contributed by atoms with Crippen molar-refractivity contribution in [3.8, 4) is 0 Å². The molecule has 6 heteroatoms. The van der Waals surface area contributed by atoms with E-state index in [-0.39, 0.29) is 36.0 Å². The number of fused-ring (bicyclic) bond motifs is 1. The van der Waals surface area contributed by atoms with E-state index in [0.717, 1.165) is 53.0 Å². The van der Waals surface area contributed by atoms with Crippen molar-refractivity contribution in [2.24, 2.45) is 11.8 Å². The lowest BCUT2D eigenvalue weighted by Gasteiger charge is -2.20. The number of rotatable bonds is 4. The maximum absolute atomic E-state index is 12.8. The average molecular weight is 418 g/mol. The molecule has 2 heterocycles. The van der Waals surface area contributed by atoms with E-state index < -0.39 is 0 Å². The van der Waals surface area contributed by atoms with E-state index in [1.54, 1.807) is 4.90 Å². The molecular weight excluding hydrogens is 390 g/mol. The number of anilines is 3. The van der Waals surface area contributed by atoms with Crippen LogP contribution in [-0.4, -0.2) is 30.8 Å². The second-order valence-electron chi connectivity index (χ2n) is 9.04. The highest BCUT2D eigenvalue weighted by Crippen LogP contribution is 2.38. The van der Waals surface area contributed by atoms with Gasteiger partial charge < -0.3 is 15.1 Å². The Hall–Kier alpha value is -3.15. The van der Waals surface area contributed by atoms with Gasteiger partial charge in [-0.15, -0.1) is 0 Å². The minimum Gasteiger partial charge on any atom is -0.326 e. The van der Waals surface area contributed by atoms with Gasteiger partial charge in [0.1, 0.15) is 0 Å². The van der Waals surface area contributed by atoms with Crippen molar-refractivity contribution in [3.63, 3.8) is 0 Å². The van der Waals surface area contributed by atoms with E-state index >= 15 is 0 Å². The average Bonchev–Trinajstić information content (AvgIpc) is 3.40. The molecule has 160 valence electrons. The van der Waals surface area contributed by atoms with E-state index in [9.17, 15) is 14.4 Å². The number of amides is 3. The van der Waals surface area contributed by atoms with Gasteiger partial charge in [0.2, 0.25) is 17.7 Å². The molecule has 0 spiro atoms. The number of hydrogen-bond donors (Lipinski definition) is 1. The largest absolute Gasteiger partial charge is 0.326 e. The third-order valence-electron chi connectivity index (χ3n) is 6.60. The van der Waals surface area contributed by atoms with E-state index in [2.05, 4.69) is 5.32 Å². The normalized spacial score (nSPS) is 20.2. The van der Waals surface area contributed by atoms with Crippen molar-refractivity contribution < 1.29 is 14.4 Å². The summed E-state index contributed by atoms with van der Waals surface area (Å²) in [7, 11) is 0. The molecule has 1 N–H and O–H groups in total. The SMILES string of the molecule is Cc1ccc(NC(=O)[C@@H]2CC(=O)N(c3ccc4c(c3)CCN4C(=O)C3CC3)C2)c(C)c1. The molecule has 3 amide bonds. The van der Waals surface area contributed by atoms with Crippen LogP contribution in [0.1, 0.15) is 36.0 Å². The van der Waals surface area contributed by atoms with Gasteiger partial charge in [-0.25, -0.2) is 0 Å². The first-order chi connectivity index (χ1) is 14.9. The highest BCUT2D eigenvalue weighted by Gasteiger charge is 2.38. The van der Waals surface area contributed by atoms with Crippen LogP contribution in [-0.2, 0) is 20.8 Å². The molecular formula is C25H27N3O3. The topological polar surface area (TPSA) is 69.7 Å². The first-order valence-corrected chi connectivity index (χ1v) is 11.0. The lowest BCUT2D eigenvalue weighted by atomic mass is 10.1. The molecule has 1 aliphatic carbocycles. The Balaban J connectivity index is 1.29. The first-order valence-electron chi connectivity index (χ1n) is 11.0. The van der Waals surface area contributed by atoms with Gasteiger partial charge in [-0.05, 0) is 68.5 Å². The third kappa shape index (κ3) is 3.71. The molecule has 1 saturated carbocycles. The number of nitrogens with zero attached hydrogens (tertiary/aromatic N) is 2. The van der Waals surface area contributed by atoms with Gasteiger partial charge in [0.25, 0.3) is 0 Å². The van der Waals surface area contributed by atoms with E-state index in [0.29, 0.717) is 13.1 Å². The van der Waals surface area contributed by atoms with Crippen LogP contribution < -0.4 is 15.1 Å². The summed E-state index contributed by atoms with van der Waals surface area (Å²) in [6.45, 7) is 5.07. The molecule has 3 aliphatic rings. The lowest BCUT2D eigenvalue weighted by molar-refractivity contribution is -0.122. The first kappa shape index (κ1) is 19.8. The second kappa shape index (κ2) is 7.52. The Morgan fingerprint density at radius 1 is 1.03 bits per heavy atom. The third-order valence-corrected chi connectivity index (χ3v) is 6.60. The fraction of sp³-hybridized carbons (Fsp3) is 0.400. The maximum atomic E-state index is 12.8. The van der Waals surface area contributed by atoms with Gasteiger partial charge >= 0.3 is 0 Å². The van der Waals surface area contributed by atoms with Gasteiger partial charge in [-0.3, -0.25) is 14.4 Å². The van der Waals surface area contributed by atoms with Crippen molar-refractivity contribution in [2.75, 3.05) is 28.2 Å². The molecule has 1 saturated heterocycles. The molecule has 2 aromatic rings. The van der Waals surface area contributed by atoms with Crippen molar-refractivity contribution in [3.05, 3.63) is 53.1 Å². The molecule has 0 aromatic heterocycles. The van der Waals surface area contributed by atoms with Gasteiger partial charge in [0.05, 0.1) is 5.92 Å². The summed E-state index contributed by atoms with van der Waals surface area (Å²) in [6, 6.07) is 11.8. The highest BCUT2D eigenvalue weighted by atomic mass is 16.2. The summed E-state index contributed by atoms with van der Waals surface area (Å²) in [5.41, 5.74) is 5.83. The van der Waals surface area contributed by atoms with Crippen LogP contribution >= 0.6 is 0 Å². The zero-order valence-electron chi connectivity index (χ0n) is 18.0. The van der Waals surface area contributed by atoms with Crippen LogP contribution in [0.15, 0.2) is 36.4 Å². The molecule has 1 atom stereocenters. The summed E-state index contributed by atoms with van der Waals surface area (Å²) in [5.74, 6) is -0.113. The summed E-state index contributed by atoms with van der Waals surface area (Å²) in [6.07, 6.45) is 3.01. The number of benzene rings is 2. The number of nitrogens with one attached hydrogen (secondary N) is 1. The number of aryl methyl sites for hydroxylation is 2. The number of carbonyl (C=O) groups is 3. The monoisotopic (exact) mass is 417 g/mol. The highest BCUT2D eigenvalue weighted by molar-refractivity contribution is 6.04. The Morgan fingerprint density at radius 2 is 1.84 bits per heavy atom. The molecule has 6 nitrogen and oxygen atoms in total. The van der Waals surface area contributed by atoms with Crippen LogP contribution in [0.3, 0.4) is 0 Å². The summed E-state index contributed by atoms with van der Waals surface area (Å²) in [4.78, 5) is 41.6. The molecule has 0 radical (unpaired) electrons. The van der Waals surface area contributed by atoms with Crippen LogP contribution in [0.2, 0.25) is 0 Å². The van der Waals surface area contributed by atoms with Crippen LogP contribution in [0.5, 0.6) is 0 Å². The maximum Gasteiger partial charge on any atom is 0.230 e. The lowest BCUT2D eigenvalue weighted by Crippen LogP contribution is -2.30. The van der Waals surface area contributed by atoms with Crippen molar-refractivity contribution in [1.82, 2.24) is 0 Å². The fourth-order valence-electron chi connectivity index (χ4n) is 4.66. The fourth-order valence-corrected chi connectivity index (χ4v) is 4.66. The molecule has 31 heavy (non-hydrogen) atoms. The summed E-state index contributed by atoms with van der Waals surface area (Å²) in [5, 5.41) is 2.99. The number of carbonyl (C=O) groups excluding carboxylic acids is 3.